The maximum absolute atomic E-state index is 12.2. The molecule has 0 aromatic heterocycles. The van der Waals surface area contributed by atoms with Gasteiger partial charge in [-0.2, -0.15) is 0 Å². The van der Waals surface area contributed by atoms with Crippen LogP contribution < -0.4 is 16.0 Å². The summed E-state index contributed by atoms with van der Waals surface area (Å²) in [4.78, 5) is 53.6. The Bertz CT molecular complexity index is 997. The van der Waals surface area contributed by atoms with Gasteiger partial charge >= 0.3 is 11.9 Å². The molecule has 5 N–H and O–H groups in total. The van der Waals surface area contributed by atoms with Crippen LogP contribution in [-0.4, -0.2) is 124 Å². The summed E-state index contributed by atoms with van der Waals surface area (Å²) in [7, 11) is 3.51. The molecule has 7 rings (SSSR count). The van der Waals surface area contributed by atoms with Crippen LogP contribution in [0.25, 0.3) is 0 Å². The fourth-order valence-corrected chi connectivity index (χ4v) is 10.1. The summed E-state index contributed by atoms with van der Waals surface area (Å²) in [5, 5.41) is 26.5. The molecule has 7 heterocycles. The van der Waals surface area contributed by atoms with Crippen LogP contribution in [0.2, 0.25) is 0 Å². The smallest absolute Gasteiger partial charge is 0.321 e. The van der Waals surface area contributed by atoms with Crippen molar-refractivity contribution in [2.24, 2.45) is 0 Å². The predicted molar refractivity (Wildman–Crippen MR) is 123 cm³/mol. The van der Waals surface area contributed by atoms with Crippen LogP contribution >= 0.6 is 35.3 Å². The Morgan fingerprint density at radius 1 is 1.06 bits per heavy atom. The van der Waals surface area contributed by atoms with Crippen LogP contribution in [-0.2, 0) is 56.3 Å². The summed E-state index contributed by atoms with van der Waals surface area (Å²) in [6.07, 6.45) is 0. The van der Waals surface area contributed by atoms with Crippen molar-refractivity contribution < 1.29 is 66.5 Å². The maximum Gasteiger partial charge on any atom is 0.321 e. The summed E-state index contributed by atoms with van der Waals surface area (Å²) >= 11 is 4.70. The van der Waals surface area contributed by atoms with Crippen molar-refractivity contribution in [2.45, 2.75) is 33.1 Å². The molecule has 196 valence electrons. The van der Waals surface area contributed by atoms with Crippen LogP contribution in [0.15, 0.2) is 0 Å². The first-order chi connectivity index (χ1) is 16.2. The Balaban J connectivity index is 0.000000160. The van der Waals surface area contributed by atoms with Crippen LogP contribution in [0.3, 0.4) is 0 Å². The van der Waals surface area contributed by atoms with E-state index in [2.05, 4.69) is 23.0 Å². The fourth-order valence-electron chi connectivity index (χ4n) is 5.11. The molecular formula is C18H23N7O6S3V2-2. The molecule has 0 saturated carbocycles. The third-order valence-electron chi connectivity index (χ3n) is 7.12. The van der Waals surface area contributed by atoms with E-state index in [0.717, 1.165) is 0 Å². The Kier molecular flexibility index (Phi) is 7.88. The van der Waals surface area contributed by atoms with Crippen molar-refractivity contribution in [1.82, 2.24) is 35.6 Å². The monoisotopic (exact) mass is 631 g/mol. The van der Waals surface area contributed by atoms with Gasteiger partial charge in [0.15, 0.2) is 4.33 Å². The number of nitrogens with one attached hydrogen (secondary N) is 3. The fraction of sp³-hybridized carbons (Fsp3) is 0.667. The summed E-state index contributed by atoms with van der Waals surface area (Å²) in [5.41, 5.74) is -0.454. The normalized spacial score (nSPS) is 41.4. The zero-order valence-corrected chi connectivity index (χ0v) is 23.9. The molecule has 6 atom stereocenters. The largest absolute Gasteiger partial charge is 0.480 e. The van der Waals surface area contributed by atoms with Gasteiger partial charge in [-0.3, -0.25) is 41.3 Å². The van der Waals surface area contributed by atoms with Crippen LogP contribution in [0.4, 0.5) is 0 Å². The van der Waals surface area contributed by atoms with E-state index in [9.17, 15) is 19.2 Å². The third kappa shape index (κ3) is 3.83. The van der Waals surface area contributed by atoms with Crippen molar-refractivity contribution in [3.8, 4) is 0 Å². The van der Waals surface area contributed by atoms with Crippen molar-refractivity contribution in [3.05, 3.63) is 13.6 Å². The van der Waals surface area contributed by atoms with E-state index in [-0.39, 0.29) is 55.0 Å². The van der Waals surface area contributed by atoms with E-state index in [1.807, 2.05) is 16.3 Å². The van der Waals surface area contributed by atoms with Gasteiger partial charge in [0.05, 0.1) is 13.3 Å². The third-order valence-corrected chi connectivity index (χ3v) is 12.0. The number of nitrogens with zero attached hydrogens (tertiary/aromatic N) is 4. The van der Waals surface area contributed by atoms with Crippen molar-refractivity contribution >= 4 is 59.0 Å². The second-order valence-corrected chi connectivity index (χ2v) is 12.7. The molecular weight excluding hydrogens is 608 g/mol. The average molecular weight is 632 g/mol. The topological polar surface area (TPSA) is 168 Å². The molecule has 2 radical (unpaired) electrons. The van der Waals surface area contributed by atoms with E-state index in [0.29, 0.717) is 37.1 Å². The minimum Gasteiger partial charge on any atom is -0.480 e. The standard InChI is InChI=1S/C9H13N4O3S.C9H10N3O3S2.2V/c1-10-2-5-7(14)13-4-12-6(8(15)16)3-17-9(12,13)11-5;13-6(14)5-1-16-9-11(5)4-12(9)7(15)8(2-10-8)3-17-9;;/h5-6,10-11H,1-4H2,(H,15,16);2,5,10H,1,3-4H2,(H,13,14);;/q2*-1;;. The Morgan fingerprint density at radius 3 is 2.28 bits per heavy atom. The number of rotatable bonds is 4. The molecule has 7 saturated heterocycles. The number of carboxylic acids is 2. The van der Waals surface area contributed by atoms with Gasteiger partial charge in [-0.25, -0.2) is 16.3 Å². The predicted octanol–water partition coefficient (Wildman–Crippen LogP) is -2.60. The van der Waals surface area contributed by atoms with Gasteiger partial charge in [-0.05, 0) is 17.8 Å². The first kappa shape index (κ1) is 28.9. The first-order valence-electron chi connectivity index (χ1n) is 10.6. The molecule has 7 aliphatic rings. The first-order valence-corrected chi connectivity index (χ1v) is 13.6. The van der Waals surface area contributed by atoms with Crippen molar-refractivity contribution in [1.29, 1.82) is 0 Å². The SMILES string of the molecule is O=C(O)C1CSC23SCC4([CH-]N4)C(=O)N2CN13.[CH2-]NCC1NC23SCC(C(=O)O)N2CN3C1=O.[V].[V]. The summed E-state index contributed by atoms with van der Waals surface area (Å²) in [5.74, 6) is 0.216. The number of hydrogen-bond donors (Lipinski definition) is 5. The molecule has 7 fully saturated rings. The summed E-state index contributed by atoms with van der Waals surface area (Å²) in [6.45, 7) is 3.10. The van der Waals surface area contributed by atoms with Gasteiger partial charge in [-0.15, -0.1) is 23.5 Å². The van der Waals surface area contributed by atoms with Crippen molar-refractivity contribution in [2.75, 3.05) is 37.1 Å². The molecule has 0 bridgehead atoms. The van der Waals surface area contributed by atoms with Gasteiger partial charge in [0.1, 0.15) is 18.1 Å². The van der Waals surface area contributed by atoms with Crippen molar-refractivity contribution in [3.63, 3.8) is 0 Å². The van der Waals surface area contributed by atoms with Gasteiger partial charge in [0, 0.05) is 48.6 Å². The number of hydrogen-bond acceptors (Lipinski definition) is 12. The second-order valence-electron chi connectivity index (χ2n) is 8.91. The number of aliphatic carboxylic acids is 2. The van der Waals surface area contributed by atoms with Gasteiger partial charge in [0.25, 0.3) is 0 Å². The maximum atomic E-state index is 12.2. The minimum atomic E-state index is -0.831. The van der Waals surface area contributed by atoms with Crippen LogP contribution in [0.5, 0.6) is 0 Å². The Morgan fingerprint density at radius 2 is 1.67 bits per heavy atom. The molecule has 0 aliphatic carbocycles. The molecule has 13 nitrogen and oxygen atoms in total. The minimum absolute atomic E-state index is 0. The van der Waals surface area contributed by atoms with E-state index >= 15 is 0 Å². The number of carboxylic acid groups (broad SMARTS) is 2. The molecule has 36 heavy (non-hydrogen) atoms. The molecule has 3 spiro atoms. The molecule has 2 amide bonds. The number of carbonyl (C=O) groups excluding carboxylic acids is 2. The molecule has 0 aromatic carbocycles. The number of amides is 2. The average Bonchev–Trinajstić information content (AvgIpc) is 3.39. The summed E-state index contributed by atoms with van der Waals surface area (Å²) in [6, 6.07) is -1.29. The van der Waals surface area contributed by atoms with Gasteiger partial charge in [-0.1, -0.05) is 11.8 Å². The quantitative estimate of drug-likeness (QED) is 0.162. The van der Waals surface area contributed by atoms with E-state index in [1.165, 1.54) is 11.8 Å². The molecule has 7 aliphatic heterocycles. The number of carbonyl (C=O) groups is 4. The zero-order chi connectivity index (χ0) is 24.0. The van der Waals surface area contributed by atoms with E-state index < -0.39 is 39.0 Å². The van der Waals surface area contributed by atoms with Gasteiger partial charge in [0.2, 0.25) is 16.9 Å². The van der Waals surface area contributed by atoms with Gasteiger partial charge < -0.3 is 20.8 Å². The van der Waals surface area contributed by atoms with E-state index in [1.54, 1.807) is 33.3 Å². The number of thioether (sulfide) groups is 3. The molecule has 6 unspecified atom stereocenters. The summed E-state index contributed by atoms with van der Waals surface area (Å²) < 4.78 is -0.441. The van der Waals surface area contributed by atoms with E-state index in [4.69, 9.17) is 10.2 Å². The second kappa shape index (κ2) is 9.82. The Hall–Kier alpha value is -0.101. The molecule has 0 aromatic rings. The van der Waals surface area contributed by atoms with Crippen LogP contribution in [0.1, 0.15) is 0 Å². The molecule has 18 heteroatoms. The Labute approximate surface area is 243 Å². The van der Waals surface area contributed by atoms with Crippen LogP contribution in [0, 0.1) is 13.6 Å². The zero-order valence-electron chi connectivity index (χ0n) is 18.7.